The molecule has 0 aliphatic carbocycles. The average molecular weight is 304 g/mol. The highest BCUT2D eigenvalue weighted by atomic mass is 32.2. The van der Waals surface area contributed by atoms with Crippen molar-refractivity contribution in [2.45, 2.75) is 25.3 Å². The van der Waals surface area contributed by atoms with Crippen molar-refractivity contribution in [2.75, 3.05) is 16.8 Å². The van der Waals surface area contributed by atoms with Crippen molar-refractivity contribution in [1.82, 2.24) is 0 Å². The van der Waals surface area contributed by atoms with Crippen LogP contribution in [0.15, 0.2) is 47.4 Å². The van der Waals surface area contributed by atoms with Gasteiger partial charge in [-0.2, -0.15) is 0 Å². The van der Waals surface area contributed by atoms with Crippen LogP contribution >= 0.6 is 0 Å². The molecule has 0 fully saturated rings. The van der Waals surface area contributed by atoms with Crippen molar-refractivity contribution < 1.29 is 8.42 Å². The normalized spacial score (nSPS) is 11.3. The van der Waals surface area contributed by atoms with Crippen LogP contribution in [-0.2, 0) is 16.4 Å². The first kappa shape index (κ1) is 15.4. The van der Waals surface area contributed by atoms with Crippen LogP contribution in [0.1, 0.15) is 18.1 Å². The van der Waals surface area contributed by atoms with E-state index in [0.29, 0.717) is 17.1 Å². The molecule has 0 amide bonds. The van der Waals surface area contributed by atoms with Crippen molar-refractivity contribution in [1.29, 1.82) is 0 Å². The van der Waals surface area contributed by atoms with Gasteiger partial charge in [-0.1, -0.05) is 31.2 Å². The highest BCUT2D eigenvalue weighted by molar-refractivity contribution is 7.91. The summed E-state index contributed by atoms with van der Waals surface area (Å²) in [5.74, 6) is 0.0863. The van der Waals surface area contributed by atoms with Gasteiger partial charge in [0.2, 0.25) is 0 Å². The minimum absolute atomic E-state index is 0.0863. The molecule has 2 aromatic rings. The molecule has 0 aliphatic heterocycles. The highest BCUT2D eigenvalue weighted by Crippen LogP contribution is 2.23. The Morgan fingerprint density at radius 1 is 1.10 bits per heavy atom. The molecular weight excluding hydrogens is 284 g/mol. The maximum atomic E-state index is 12.1. The molecular formula is C16H20N2O2S. The predicted molar refractivity (Wildman–Crippen MR) is 87.1 cm³/mol. The van der Waals surface area contributed by atoms with Gasteiger partial charge in [-0.05, 0) is 36.2 Å². The lowest BCUT2D eigenvalue weighted by Gasteiger charge is -2.14. The fraction of sp³-hybridized carbons (Fsp3) is 0.250. The Morgan fingerprint density at radius 2 is 1.81 bits per heavy atom. The van der Waals surface area contributed by atoms with Gasteiger partial charge in [-0.3, -0.25) is 0 Å². The van der Waals surface area contributed by atoms with Gasteiger partial charge in [0.1, 0.15) is 0 Å². The van der Waals surface area contributed by atoms with E-state index in [1.807, 2.05) is 31.2 Å². The van der Waals surface area contributed by atoms with E-state index in [9.17, 15) is 8.42 Å². The van der Waals surface area contributed by atoms with Crippen molar-refractivity contribution in [3.05, 3.63) is 53.6 Å². The minimum Gasteiger partial charge on any atom is -0.399 e. The van der Waals surface area contributed by atoms with Gasteiger partial charge in [0.15, 0.2) is 9.84 Å². The molecule has 2 rings (SSSR count). The van der Waals surface area contributed by atoms with Crippen LogP contribution in [0.4, 0.5) is 11.4 Å². The van der Waals surface area contributed by atoms with Gasteiger partial charge in [-0.15, -0.1) is 0 Å². The first-order valence-corrected chi connectivity index (χ1v) is 8.50. The molecule has 4 nitrogen and oxygen atoms in total. The molecule has 112 valence electrons. The Balaban J connectivity index is 2.27. The number of hydrogen-bond donors (Lipinski definition) is 2. The van der Waals surface area contributed by atoms with E-state index in [2.05, 4.69) is 5.32 Å². The third-order valence-corrected chi connectivity index (χ3v) is 5.35. The largest absolute Gasteiger partial charge is 0.399 e. The zero-order valence-electron chi connectivity index (χ0n) is 12.3. The van der Waals surface area contributed by atoms with Crippen LogP contribution in [0.3, 0.4) is 0 Å². The van der Waals surface area contributed by atoms with E-state index in [-0.39, 0.29) is 5.75 Å². The smallest absolute Gasteiger partial charge is 0.180 e. The van der Waals surface area contributed by atoms with Gasteiger partial charge in [0, 0.05) is 12.2 Å². The number of anilines is 2. The lowest BCUT2D eigenvalue weighted by Crippen LogP contribution is -2.10. The number of nitrogen functional groups attached to an aromatic ring is 1. The van der Waals surface area contributed by atoms with Crippen LogP contribution in [0.25, 0.3) is 0 Å². The first-order chi connectivity index (χ1) is 9.95. The Hall–Kier alpha value is -2.01. The molecule has 0 aliphatic rings. The van der Waals surface area contributed by atoms with Crippen molar-refractivity contribution in [3.8, 4) is 0 Å². The van der Waals surface area contributed by atoms with E-state index >= 15 is 0 Å². The second-order valence-corrected chi connectivity index (χ2v) is 7.13. The zero-order chi connectivity index (χ0) is 15.5. The van der Waals surface area contributed by atoms with E-state index in [4.69, 9.17) is 5.73 Å². The molecule has 0 unspecified atom stereocenters. The molecule has 5 heteroatoms. The average Bonchev–Trinajstić information content (AvgIpc) is 2.49. The van der Waals surface area contributed by atoms with Gasteiger partial charge in [0.05, 0.1) is 16.3 Å². The quantitative estimate of drug-likeness (QED) is 0.833. The first-order valence-electron chi connectivity index (χ1n) is 6.85. The van der Waals surface area contributed by atoms with Gasteiger partial charge < -0.3 is 11.1 Å². The number of nitrogens with one attached hydrogen (secondary N) is 1. The lowest BCUT2D eigenvalue weighted by atomic mass is 10.1. The molecule has 0 radical (unpaired) electrons. The third kappa shape index (κ3) is 3.36. The van der Waals surface area contributed by atoms with Crippen molar-refractivity contribution in [2.24, 2.45) is 0 Å². The second-order valence-electron chi connectivity index (χ2n) is 4.88. The van der Waals surface area contributed by atoms with Crippen LogP contribution in [-0.4, -0.2) is 14.2 Å². The predicted octanol–water partition coefficient (Wildman–Crippen LogP) is 2.98. The maximum Gasteiger partial charge on any atom is 0.180 e. The Kier molecular flexibility index (Phi) is 4.53. The Morgan fingerprint density at radius 3 is 2.52 bits per heavy atom. The number of hydrogen-bond acceptors (Lipinski definition) is 4. The fourth-order valence-corrected chi connectivity index (χ4v) is 3.20. The SMILES string of the molecule is CCS(=O)(=O)c1ccccc1NCc1cccc(N)c1C. The zero-order valence-corrected chi connectivity index (χ0v) is 13.1. The topological polar surface area (TPSA) is 72.2 Å². The number of benzene rings is 2. The molecule has 0 spiro atoms. The summed E-state index contributed by atoms with van der Waals surface area (Å²) in [6.45, 7) is 4.14. The molecule has 0 aromatic heterocycles. The maximum absolute atomic E-state index is 12.1. The van der Waals surface area contributed by atoms with Crippen LogP contribution < -0.4 is 11.1 Å². The van der Waals surface area contributed by atoms with E-state index in [1.54, 1.807) is 25.1 Å². The summed E-state index contributed by atoms with van der Waals surface area (Å²) in [4.78, 5) is 0.342. The van der Waals surface area contributed by atoms with Crippen LogP contribution in [0.5, 0.6) is 0 Å². The summed E-state index contributed by atoms with van der Waals surface area (Å²) in [5, 5.41) is 3.20. The molecule has 3 N–H and O–H groups in total. The summed E-state index contributed by atoms with van der Waals surface area (Å²) < 4.78 is 24.2. The molecule has 2 aromatic carbocycles. The number of para-hydroxylation sites is 1. The van der Waals surface area contributed by atoms with Crippen molar-refractivity contribution >= 4 is 21.2 Å². The molecule has 0 bridgehead atoms. The molecule has 0 atom stereocenters. The van der Waals surface area contributed by atoms with Gasteiger partial charge in [0.25, 0.3) is 0 Å². The van der Waals surface area contributed by atoms with Crippen LogP contribution in [0, 0.1) is 6.92 Å². The van der Waals surface area contributed by atoms with Gasteiger partial charge >= 0.3 is 0 Å². The summed E-state index contributed by atoms with van der Waals surface area (Å²) in [6.07, 6.45) is 0. The van der Waals surface area contributed by atoms with E-state index in [0.717, 1.165) is 16.8 Å². The monoisotopic (exact) mass is 304 g/mol. The number of sulfone groups is 1. The fourth-order valence-electron chi connectivity index (χ4n) is 2.12. The molecule has 0 saturated heterocycles. The summed E-state index contributed by atoms with van der Waals surface area (Å²) >= 11 is 0. The summed E-state index contributed by atoms with van der Waals surface area (Å²) in [6, 6.07) is 12.7. The Bertz CT molecular complexity index is 740. The molecule has 0 heterocycles. The third-order valence-electron chi connectivity index (χ3n) is 3.56. The van der Waals surface area contributed by atoms with Crippen molar-refractivity contribution in [3.63, 3.8) is 0 Å². The standard InChI is InChI=1S/C16H20N2O2S/c1-3-21(19,20)16-10-5-4-9-15(16)18-11-13-7-6-8-14(17)12(13)2/h4-10,18H,3,11,17H2,1-2H3. The number of nitrogens with two attached hydrogens (primary N) is 1. The van der Waals surface area contributed by atoms with Crippen LogP contribution in [0.2, 0.25) is 0 Å². The van der Waals surface area contributed by atoms with E-state index in [1.165, 1.54) is 0 Å². The van der Waals surface area contributed by atoms with E-state index < -0.39 is 9.84 Å². The van der Waals surface area contributed by atoms with Gasteiger partial charge in [-0.25, -0.2) is 8.42 Å². The second kappa shape index (κ2) is 6.18. The molecule has 21 heavy (non-hydrogen) atoms. The minimum atomic E-state index is -3.24. The summed E-state index contributed by atoms with van der Waals surface area (Å²) in [5.41, 5.74) is 9.32. The Labute approximate surface area is 125 Å². The summed E-state index contributed by atoms with van der Waals surface area (Å²) in [7, 11) is -3.24. The number of rotatable bonds is 5. The molecule has 0 saturated carbocycles. The lowest BCUT2D eigenvalue weighted by molar-refractivity contribution is 0.597. The highest BCUT2D eigenvalue weighted by Gasteiger charge is 2.15.